The first-order valence-corrected chi connectivity index (χ1v) is 3.17. The third kappa shape index (κ3) is 11.1. The second-order valence-electron chi connectivity index (χ2n) is 0.349. The van der Waals surface area contributed by atoms with Crippen LogP contribution in [0.4, 0.5) is 0 Å². The fourth-order valence-corrected chi connectivity index (χ4v) is 0.335. The van der Waals surface area contributed by atoms with Crippen molar-refractivity contribution in [3.05, 3.63) is 0 Å². The first kappa shape index (κ1) is 11.2. The van der Waals surface area contributed by atoms with Crippen LogP contribution in [0.15, 0.2) is 0 Å². The Labute approximate surface area is 92.5 Å². The molecule has 0 saturated heterocycles. The van der Waals surface area contributed by atoms with Gasteiger partial charge in [-0.3, -0.25) is 0 Å². The number of thiocyanates is 2. The Hall–Kier alpha value is 1.32. The molecule has 0 fully saturated rings. The van der Waals surface area contributed by atoms with Gasteiger partial charge in [0.25, 0.3) is 0 Å². The van der Waals surface area contributed by atoms with Crippen molar-refractivity contribution in [1.82, 2.24) is 0 Å². The maximum atomic E-state index is 7.74. The third-order valence-corrected chi connectivity index (χ3v) is 1.05. The van der Waals surface area contributed by atoms with Gasteiger partial charge in [-0.25, -0.2) is 0 Å². The summed E-state index contributed by atoms with van der Waals surface area (Å²) in [7, 11) is 1.74. The standard InChI is InChI=1S/C2N2S2.K.H/c3-1-5-6-2-4;;. The van der Waals surface area contributed by atoms with Crippen molar-refractivity contribution in [3.63, 3.8) is 0 Å². The molecule has 32 valence electrons. The quantitative estimate of drug-likeness (QED) is 0.242. The van der Waals surface area contributed by atoms with Crippen LogP contribution in [0.3, 0.4) is 0 Å². The van der Waals surface area contributed by atoms with Crippen LogP contribution in [0.5, 0.6) is 0 Å². The molecule has 0 atom stereocenters. The van der Waals surface area contributed by atoms with E-state index >= 15 is 0 Å². The normalized spacial score (nSPS) is 4.86. The van der Waals surface area contributed by atoms with Crippen molar-refractivity contribution in [1.29, 1.82) is 10.5 Å². The molecule has 0 aliphatic carbocycles. The van der Waals surface area contributed by atoms with Crippen LogP contribution in [-0.4, -0.2) is 51.4 Å². The minimum absolute atomic E-state index is 0. The van der Waals surface area contributed by atoms with Gasteiger partial charge in [-0.15, -0.1) is 0 Å². The van der Waals surface area contributed by atoms with Crippen LogP contribution in [-0.2, 0) is 0 Å². The van der Waals surface area contributed by atoms with Crippen LogP contribution >= 0.6 is 21.6 Å². The van der Waals surface area contributed by atoms with Crippen molar-refractivity contribution < 1.29 is 0 Å². The van der Waals surface area contributed by atoms with Crippen molar-refractivity contribution in [2.45, 2.75) is 0 Å². The van der Waals surface area contributed by atoms with Crippen molar-refractivity contribution >= 4 is 73.0 Å². The Morgan fingerprint density at radius 3 is 1.43 bits per heavy atom. The first-order chi connectivity index (χ1) is 2.91. The Kier molecular flexibility index (Phi) is 16.5. The topological polar surface area (TPSA) is 47.6 Å². The molecule has 2 nitrogen and oxygen atoms in total. The predicted molar refractivity (Wildman–Crippen MR) is 33.6 cm³/mol. The Balaban J connectivity index is 0. The van der Waals surface area contributed by atoms with E-state index in [1.807, 2.05) is 0 Å². The van der Waals surface area contributed by atoms with E-state index in [4.69, 9.17) is 10.5 Å². The molecule has 7 heavy (non-hydrogen) atoms. The van der Waals surface area contributed by atoms with E-state index in [0.717, 1.165) is 21.6 Å². The Morgan fingerprint density at radius 1 is 1.00 bits per heavy atom. The molecule has 0 unspecified atom stereocenters. The van der Waals surface area contributed by atoms with Crippen LogP contribution in [0.1, 0.15) is 0 Å². The van der Waals surface area contributed by atoms with E-state index in [1.54, 1.807) is 10.8 Å². The van der Waals surface area contributed by atoms with Crippen LogP contribution < -0.4 is 0 Å². The number of rotatable bonds is 1. The SMILES string of the molecule is N#CSSC#N.[KH]. The van der Waals surface area contributed by atoms with Gasteiger partial charge in [-0.05, 0) is 0 Å². The molecule has 0 rings (SSSR count). The first-order valence-electron chi connectivity index (χ1n) is 1.02. The zero-order valence-corrected chi connectivity index (χ0v) is 4.34. The van der Waals surface area contributed by atoms with Gasteiger partial charge >= 0.3 is 51.4 Å². The third-order valence-electron chi connectivity index (χ3n) is 0.116. The average Bonchev–Trinajstić information content (AvgIpc) is 1.61. The van der Waals surface area contributed by atoms with Crippen LogP contribution in [0.25, 0.3) is 0 Å². The molecular weight excluding hydrogens is 155 g/mol. The second kappa shape index (κ2) is 10.3. The summed E-state index contributed by atoms with van der Waals surface area (Å²) in [5, 5.41) is 18.9. The Bertz CT molecular complexity index is 87.2. The van der Waals surface area contributed by atoms with E-state index in [1.165, 1.54) is 0 Å². The van der Waals surface area contributed by atoms with Crippen molar-refractivity contribution in [3.8, 4) is 10.8 Å². The molecule has 0 aliphatic rings. The summed E-state index contributed by atoms with van der Waals surface area (Å²) in [6.07, 6.45) is 0. The minimum atomic E-state index is 0. The molecule has 0 amide bonds. The van der Waals surface area contributed by atoms with E-state index in [-0.39, 0.29) is 51.4 Å². The summed E-state index contributed by atoms with van der Waals surface area (Å²) in [5.74, 6) is 0. The van der Waals surface area contributed by atoms with Crippen LogP contribution in [0.2, 0.25) is 0 Å². The van der Waals surface area contributed by atoms with Crippen molar-refractivity contribution in [2.75, 3.05) is 0 Å². The van der Waals surface area contributed by atoms with Gasteiger partial charge in [0.05, 0.1) is 0 Å². The Morgan fingerprint density at radius 2 is 1.29 bits per heavy atom. The number of hydrogen-bond acceptors (Lipinski definition) is 4. The van der Waals surface area contributed by atoms with Gasteiger partial charge in [-0.1, -0.05) is 0 Å². The fraction of sp³-hybridized carbons (Fsp3) is 0. The van der Waals surface area contributed by atoms with Gasteiger partial charge in [0, 0.05) is 21.6 Å². The van der Waals surface area contributed by atoms with Crippen molar-refractivity contribution in [2.24, 2.45) is 0 Å². The van der Waals surface area contributed by atoms with E-state index in [2.05, 4.69) is 0 Å². The summed E-state index contributed by atoms with van der Waals surface area (Å²) in [5.41, 5.74) is 0. The zero-order chi connectivity index (χ0) is 4.83. The van der Waals surface area contributed by atoms with Crippen LogP contribution in [0, 0.1) is 21.3 Å². The monoisotopic (exact) mass is 156 g/mol. The molecule has 0 saturated carbocycles. The summed E-state index contributed by atoms with van der Waals surface area (Å²) in [4.78, 5) is 0. The van der Waals surface area contributed by atoms with Gasteiger partial charge in [0.15, 0.2) is 0 Å². The second-order valence-corrected chi connectivity index (χ2v) is 2.05. The van der Waals surface area contributed by atoms with Gasteiger partial charge in [0.2, 0.25) is 0 Å². The predicted octanol–water partition coefficient (Wildman–Crippen LogP) is 0.681. The summed E-state index contributed by atoms with van der Waals surface area (Å²) in [6, 6.07) is 0. The molecule has 0 radical (unpaired) electrons. The molecule has 0 N–H and O–H groups in total. The van der Waals surface area contributed by atoms with E-state index < -0.39 is 0 Å². The maximum absolute atomic E-state index is 7.74. The van der Waals surface area contributed by atoms with E-state index in [0.29, 0.717) is 0 Å². The number of hydrogen-bond donors (Lipinski definition) is 0. The average molecular weight is 156 g/mol. The van der Waals surface area contributed by atoms with Gasteiger partial charge in [0.1, 0.15) is 10.8 Å². The number of nitriles is 2. The fourth-order valence-electron chi connectivity index (χ4n) is 0.0373. The molecule has 0 aromatic heterocycles. The van der Waals surface area contributed by atoms with E-state index in [9.17, 15) is 0 Å². The van der Waals surface area contributed by atoms with Gasteiger partial charge < -0.3 is 0 Å². The molecule has 0 bridgehead atoms. The molecule has 0 aromatic carbocycles. The molecule has 0 aliphatic heterocycles. The molecule has 0 heterocycles. The molecule has 5 heteroatoms. The number of nitrogens with zero attached hydrogens (tertiary/aromatic N) is 2. The summed E-state index contributed by atoms with van der Waals surface area (Å²) in [6.45, 7) is 0. The summed E-state index contributed by atoms with van der Waals surface area (Å²) >= 11 is 0. The van der Waals surface area contributed by atoms with Gasteiger partial charge in [-0.2, -0.15) is 10.5 Å². The molecule has 0 spiro atoms. The zero-order valence-electron chi connectivity index (χ0n) is 2.71. The molecular formula is C2HKN2S2. The summed E-state index contributed by atoms with van der Waals surface area (Å²) < 4.78 is 0. The molecule has 0 aromatic rings.